The molecule has 1 aliphatic carbocycles. The van der Waals surface area contributed by atoms with Crippen LogP contribution in [-0.2, 0) is 4.79 Å². The number of amides is 2. The summed E-state index contributed by atoms with van der Waals surface area (Å²) in [5, 5.41) is 17.5. The molecular formula is C13H19N3O3S. The Bertz CT molecular complexity index is 463. The zero-order valence-corrected chi connectivity index (χ0v) is 12.2. The molecule has 0 saturated heterocycles. The number of carboxylic acids is 1. The summed E-state index contributed by atoms with van der Waals surface area (Å²) in [6, 6.07) is -0.561. The van der Waals surface area contributed by atoms with Gasteiger partial charge in [0.05, 0.1) is 10.9 Å². The minimum Gasteiger partial charge on any atom is -0.481 e. The number of thiazole rings is 1. The lowest BCUT2D eigenvalue weighted by Gasteiger charge is -2.18. The van der Waals surface area contributed by atoms with Crippen molar-refractivity contribution in [3.63, 3.8) is 0 Å². The van der Waals surface area contributed by atoms with Crippen LogP contribution < -0.4 is 10.6 Å². The highest BCUT2D eigenvalue weighted by Gasteiger charge is 2.33. The highest BCUT2D eigenvalue weighted by atomic mass is 32.1. The van der Waals surface area contributed by atoms with Crippen LogP contribution >= 0.6 is 11.3 Å². The SMILES string of the molecule is CC(CNC(=O)NC1CCCC1C(=O)O)c1nccs1. The predicted octanol–water partition coefficient (Wildman–Crippen LogP) is 1.80. The van der Waals surface area contributed by atoms with E-state index >= 15 is 0 Å². The molecule has 1 aromatic heterocycles. The van der Waals surface area contributed by atoms with Crippen LogP contribution in [0.1, 0.15) is 37.1 Å². The van der Waals surface area contributed by atoms with Gasteiger partial charge in [0, 0.05) is 30.1 Å². The zero-order chi connectivity index (χ0) is 14.5. The van der Waals surface area contributed by atoms with Gasteiger partial charge in [0.1, 0.15) is 0 Å². The minimum absolute atomic E-state index is 0.152. The summed E-state index contributed by atoms with van der Waals surface area (Å²) < 4.78 is 0. The summed E-state index contributed by atoms with van der Waals surface area (Å²) in [6.45, 7) is 2.48. The van der Waals surface area contributed by atoms with E-state index in [1.165, 1.54) is 0 Å². The Labute approximate surface area is 121 Å². The van der Waals surface area contributed by atoms with Gasteiger partial charge in [-0.05, 0) is 12.8 Å². The Kier molecular flexibility index (Phi) is 4.94. The minimum atomic E-state index is -0.830. The fourth-order valence-electron chi connectivity index (χ4n) is 2.46. The molecule has 0 bridgehead atoms. The van der Waals surface area contributed by atoms with Crippen molar-refractivity contribution in [2.75, 3.05) is 6.54 Å². The maximum Gasteiger partial charge on any atom is 0.315 e. The number of carbonyl (C=O) groups is 2. The van der Waals surface area contributed by atoms with Crippen molar-refractivity contribution < 1.29 is 14.7 Å². The predicted molar refractivity (Wildman–Crippen MR) is 75.8 cm³/mol. The van der Waals surface area contributed by atoms with Crippen molar-refractivity contribution >= 4 is 23.3 Å². The Hall–Kier alpha value is -1.63. The summed E-state index contributed by atoms with van der Waals surface area (Å²) in [6.07, 6.45) is 3.95. The number of nitrogens with zero attached hydrogens (tertiary/aromatic N) is 1. The average molecular weight is 297 g/mol. The van der Waals surface area contributed by atoms with E-state index in [1.807, 2.05) is 12.3 Å². The van der Waals surface area contributed by atoms with E-state index in [-0.39, 0.29) is 18.0 Å². The van der Waals surface area contributed by atoms with Gasteiger partial charge >= 0.3 is 12.0 Å². The summed E-state index contributed by atoms with van der Waals surface area (Å²) in [7, 11) is 0. The van der Waals surface area contributed by atoms with Gasteiger partial charge in [-0.15, -0.1) is 11.3 Å². The molecular weight excluding hydrogens is 278 g/mol. The number of urea groups is 1. The monoisotopic (exact) mass is 297 g/mol. The second-order valence-electron chi connectivity index (χ2n) is 5.11. The maximum absolute atomic E-state index is 11.8. The van der Waals surface area contributed by atoms with Gasteiger partial charge in [-0.1, -0.05) is 13.3 Å². The molecule has 20 heavy (non-hydrogen) atoms. The van der Waals surface area contributed by atoms with Gasteiger partial charge in [-0.3, -0.25) is 4.79 Å². The molecule has 2 rings (SSSR count). The van der Waals surface area contributed by atoms with E-state index in [0.717, 1.165) is 17.8 Å². The van der Waals surface area contributed by atoms with Crippen molar-refractivity contribution in [2.45, 2.75) is 38.1 Å². The second kappa shape index (κ2) is 6.69. The average Bonchev–Trinajstić information content (AvgIpc) is 3.06. The van der Waals surface area contributed by atoms with Crippen LogP contribution in [0.5, 0.6) is 0 Å². The number of nitrogens with one attached hydrogen (secondary N) is 2. The van der Waals surface area contributed by atoms with Gasteiger partial charge in [0.15, 0.2) is 0 Å². The third-order valence-electron chi connectivity index (χ3n) is 3.59. The van der Waals surface area contributed by atoms with Crippen molar-refractivity contribution in [1.82, 2.24) is 15.6 Å². The van der Waals surface area contributed by atoms with Crippen molar-refractivity contribution in [3.8, 4) is 0 Å². The molecule has 1 fully saturated rings. The van der Waals surface area contributed by atoms with Crippen molar-refractivity contribution in [3.05, 3.63) is 16.6 Å². The van der Waals surface area contributed by atoms with Crippen LogP contribution in [0.2, 0.25) is 0 Å². The third-order valence-corrected chi connectivity index (χ3v) is 4.60. The Morgan fingerprint density at radius 2 is 2.35 bits per heavy atom. The molecule has 0 aliphatic heterocycles. The Balaban J connectivity index is 1.76. The van der Waals surface area contributed by atoms with Crippen molar-refractivity contribution in [2.24, 2.45) is 5.92 Å². The van der Waals surface area contributed by atoms with E-state index in [4.69, 9.17) is 5.11 Å². The summed E-state index contributed by atoms with van der Waals surface area (Å²) >= 11 is 1.56. The first-order chi connectivity index (χ1) is 9.58. The van der Waals surface area contributed by atoms with Gasteiger partial charge in [0.2, 0.25) is 0 Å². The lowest BCUT2D eigenvalue weighted by molar-refractivity contribution is -0.142. The van der Waals surface area contributed by atoms with E-state index < -0.39 is 11.9 Å². The van der Waals surface area contributed by atoms with Crippen LogP contribution in [0.25, 0.3) is 0 Å². The van der Waals surface area contributed by atoms with Gasteiger partial charge in [-0.25, -0.2) is 9.78 Å². The quantitative estimate of drug-likeness (QED) is 0.773. The fourth-order valence-corrected chi connectivity index (χ4v) is 3.16. The molecule has 0 radical (unpaired) electrons. The molecule has 0 aromatic carbocycles. The molecule has 7 heteroatoms. The van der Waals surface area contributed by atoms with Crippen LogP contribution in [0.15, 0.2) is 11.6 Å². The Morgan fingerprint density at radius 3 is 3.00 bits per heavy atom. The number of hydrogen-bond acceptors (Lipinski definition) is 4. The number of rotatable bonds is 5. The highest BCUT2D eigenvalue weighted by Crippen LogP contribution is 2.25. The Morgan fingerprint density at radius 1 is 1.55 bits per heavy atom. The lowest BCUT2D eigenvalue weighted by Crippen LogP contribution is -2.46. The lowest BCUT2D eigenvalue weighted by atomic mass is 10.0. The topological polar surface area (TPSA) is 91.3 Å². The van der Waals surface area contributed by atoms with Crippen molar-refractivity contribution in [1.29, 1.82) is 0 Å². The number of carbonyl (C=O) groups excluding carboxylic acids is 1. The first kappa shape index (κ1) is 14.8. The molecule has 2 amide bonds. The second-order valence-corrected chi connectivity index (χ2v) is 6.03. The van der Waals surface area contributed by atoms with Gasteiger partial charge in [0.25, 0.3) is 0 Å². The summed E-state index contributed by atoms with van der Waals surface area (Å²) in [5.74, 6) is -1.14. The molecule has 3 N–H and O–H groups in total. The number of aromatic nitrogens is 1. The molecule has 3 atom stereocenters. The molecule has 6 nitrogen and oxygen atoms in total. The van der Waals surface area contributed by atoms with Gasteiger partial charge < -0.3 is 15.7 Å². The van der Waals surface area contributed by atoms with E-state index in [1.54, 1.807) is 17.5 Å². The van der Waals surface area contributed by atoms with Crippen LogP contribution in [0.4, 0.5) is 4.79 Å². The molecule has 110 valence electrons. The molecule has 3 unspecified atom stereocenters. The first-order valence-electron chi connectivity index (χ1n) is 6.74. The van der Waals surface area contributed by atoms with E-state index in [0.29, 0.717) is 13.0 Å². The van der Waals surface area contributed by atoms with Gasteiger partial charge in [-0.2, -0.15) is 0 Å². The highest BCUT2D eigenvalue weighted by molar-refractivity contribution is 7.09. The standard InChI is InChI=1S/C13H19N3O3S/c1-8(11-14-5-6-20-11)7-15-13(19)16-10-4-2-3-9(10)12(17)18/h5-6,8-10H,2-4,7H2,1H3,(H,17,18)(H2,15,16,19). The molecule has 1 heterocycles. The van der Waals surface area contributed by atoms with Crippen LogP contribution in [0.3, 0.4) is 0 Å². The summed E-state index contributed by atoms with van der Waals surface area (Å²) in [4.78, 5) is 27.0. The zero-order valence-electron chi connectivity index (χ0n) is 11.3. The normalized spacial score (nSPS) is 23.2. The first-order valence-corrected chi connectivity index (χ1v) is 7.62. The molecule has 0 spiro atoms. The molecule has 1 saturated carbocycles. The fraction of sp³-hybridized carbons (Fsp3) is 0.615. The smallest absolute Gasteiger partial charge is 0.315 e. The van der Waals surface area contributed by atoms with Crippen LogP contribution in [0, 0.1) is 5.92 Å². The molecule has 1 aromatic rings. The number of carboxylic acid groups (broad SMARTS) is 1. The third kappa shape index (κ3) is 3.69. The van der Waals surface area contributed by atoms with E-state index in [2.05, 4.69) is 15.6 Å². The largest absolute Gasteiger partial charge is 0.481 e. The molecule has 1 aliphatic rings. The maximum atomic E-state index is 11.8. The van der Waals surface area contributed by atoms with Crippen LogP contribution in [-0.4, -0.2) is 34.7 Å². The van der Waals surface area contributed by atoms with E-state index in [9.17, 15) is 9.59 Å². The number of hydrogen-bond donors (Lipinski definition) is 3. The number of aliphatic carboxylic acids is 1. The summed E-state index contributed by atoms with van der Waals surface area (Å²) in [5.41, 5.74) is 0.